The van der Waals surface area contributed by atoms with Crippen LogP contribution in [0.1, 0.15) is 16.2 Å². The van der Waals surface area contributed by atoms with Crippen molar-refractivity contribution in [2.24, 2.45) is 0 Å². The first-order valence-corrected chi connectivity index (χ1v) is 6.41. The fourth-order valence-electron chi connectivity index (χ4n) is 1.25. The smallest absolute Gasteiger partial charge is 0.284 e. The van der Waals surface area contributed by atoms with Gasteiger partial charge in [0.2, 0.25) is 0 Å². The third-order valence-corrected chi connectivity index (χ3v) is 3.93. The van der Waals surface area contributed by atoms with E-state index in [1.54, 1.807) is 13.0 Å². The number of aromatic nitrogens is 2. The lowest BCUT2D eigenvalue weighted by Crippen LogP contribution is -1.92. The molecule has 0 aliphatic carbocycles. The standard InChI is InChI=1S/C10H7N3O3S2/c1-6-11-10(18-12-6)17-9-3-2-7(5-14)4-8(9)13(15)16/h2-5H,1H3. The highest BCUT2D eigenvalue weighted by Crippen LogP contribution is 2.35. The lowest BCUT2D eigenvalue weighted by Gasteiger charge is -2.00. The normalized spacial score (nSPS) is 10.3. The lowest BCUT2D eigenvalue weighted by atomic mass is 10.2. The molecule has 0 aliphatic heterocycles. The van der Waals surface area contributed by atoms with Gasteiger partial charge in [-0.2, -0.15) is 4.37 Å². The van der Waals surface area contributed by atoms with Crippen molar-refractivity contribution < 1.29 is 9.72 Å². The van der Waals surface area contributed by atoms with Gasteiger partial charge in [-0.25, -0.2) is 4.98 Å². The predicted octanol–water partition coefficient (Wildman–Crippen LogP) is 2.72. The van der Waals surface area contributed by atoms with Crippen LogP contribution in [0.25, 0.3) is 0 Å². The zero-order valence-electron chi connectivity index (χ0n) is 9.19. The Balaban J connectivity index is 2.37. The maximum absolute atomic E-state index is 10.9. The van der Waals surface area contributed by atoms with Crippen LogP contribution in [0.2, 0.25) is 0 Å². The minimum Gasteiger partial charge on any atom is -0.298 e. The number of rotatable bonds is 4. The number of nitro benzene ring substituents is 1. The predicted molar refractivity (Wildman–Crippen MR) is 67.3 cm³/mol. The summed E-state index contributed by atoms with van der Waals surface area (Å²) in [7, 11) is 0. The Kier molecular flexibility index (Phi) is 3.68. The zero-order chi connectivity index (χ0) is 13.1. The van der Waals surface area contributed by atoms with Crippen molar-refractivity contribution in [1.82, 2.24) is 9.36 Å². The van der Waals surface area contributed by atoms with Crippen molar-refractivity contribution in [3.05, 3.63) is 39.7 Å². The van der Waals surface area contributed by atoms with Gasteiger partial charge in [0.1, 0.15) is 12.1 Å². The van der Waals surface area contributed by atoms with Gasteiger partial charge in [-0.15, -0.1) is 0 Å². The van der Waals surface area contributed by atoms with Crippen molar-refractivity contribution in [2.75, 3.05) is 0 Å². The molecule has 1 aromatic carbocycles. The number of carbonyl (C=O) groups is 1. The molecule has 0 radical (unpaired) electrons. The Morgan fingerprint density at radius 2 is 2.28 bits per heavy atom. The number of benzene rings is 1. The summed E-state index contributed by atoms with van der Waals surface area (Å²) in [5.74, 6) is 0.634. The zero-order valence-corrected chi connectivity index (χ0v) is 10.8. The van der Waals surface area contributed by atoms with E-state index >= 15 is 0 Å². The van der Waals surface area contributed by atoms with E-state index < -0.39 is 4.92 Å². The van der Waals surface area contributed by atoms with E-state index in [0.29, 0.717) is 21.3 Å². The molecule has 0 saturated carbocycles. The molecular formula is C10H7N3O3S2. The molecule has 2 aromatic rings. The quantitative estimate of drug-likeness (QED) is 0.486. The first-order valence-electron chi connectivity index (χ1n) is 4.82. The van der Waals surface area contributed by atoms with Gasteiger partial charge in [-0.3, -0.25) is 14.9 Å². The van der Waals surface area contributed by atoms with Crippen LogP contribution < -0.4 is 0 Å². The molecule has 0 N–H and O–H groups in total. The van der Waals surface area contributed by atoms with E-state index in [0.717, 1.165) is 0 Å². The van der Waals surface area contributed by atoms with E-state index in [4.69, 9.17) is 0 Å². The van der Waals surface area contributed by atoms with E-state index in [9.17, 15) is 14.9 Å². The van der Waals surface area contributed by atoms with E-state index in [2.05, 4.69) is 9.36 Å². The van der Waals surface area contributed by atoms with Crippen molar-refractivity contribution in [3.8, 4) is 0 Å². The van der Waals surface area contributed by atoms with Gasteiger partial charge >= 0.3 is 0 Å². The van der Waals surface area contributed by atoms with Crippen LogP contribution in [0.5, 0.6) is 0 Å². The average Bonchev–Trinajstić information content (AvgIpc) is 2.75. The van der Waals surface area contributed by atoms with Gasteiger partial charge in [0.25, 0.3) is 5.69 Å². The first-order chi connectivity index (χ1) is 8.60. The molecule has 0 unspecified atom stereocenters. The number of hydrogen-bond donors (Lipinski definition) is 0. The topological polar surface area (TPSA) is 86.0 Å². The van der Waals surface area contributed by atoms with E-state index in [1.165, 1.54) is 35.4 Å². The van der Waals surface area contributed by atoms with Gasteiger partial charge in [-0.1, -0.05) is 17.8 Å². The third kappa shape index (κ3) is 2.71. The molecule has 0 atom stereocenters. The number of hydrogen-bond acceptors (Lipinski definition) is 7. The third-order valence-electron chi connectivity index (χ3n) is 2.02. The second-order valence-electron chi connectivity index (χ2n) is 3.31. The van der Waals surface area contributed by atoms with Crippen LogP contribution in [0.4, 0.5) is 5.69 Å². The number of aldehydes is 1. The molecule has 0 fully saturated rings. The van der Waals surface area contributed by atoms with Crippen LogP contribution in [0.3, 0.4) is 0 Å². The molecule has 8 heteroatoms. The number of aryl methyl sites for hydroxylation is 1. The Hall–Kier alpha value is -1.80. The van der Waals surface area contributed by atoms with Crippen molar-refractivity contribution in [1.29, 1.82) is 0 Å². The fourth-order valence-corrected chi connectivity index (χ4v) is 2.94. The van der Waals surface area contributed by atoms with Gasteiger partial charge in [0.05, 0.1) is 9.82 Å². The number of carbonyl (C=O) groups excluding carboxylic acids is 1. The van der Waals surface area contributed by atoms with Gasteiger partial charge in [0.15, 0.2) is 4.34 Å². The summed E-state index contributed by atoms with van der Waals surface area (Å²) in [6.45, 7) is 1.75. The maximum Gasteiger partial charge on any atom is 0.284 e. The average molecular weight is 281 g/mol. The van der Waals surface area contributed by atoms with Gasteiger partial charge in [0, 0.05) is 11.6 Å². The number of nitrogens with zero attached hydrogens (tertiary/aromatic N) is 3. The van der Waals surface area contributed by atoms with Gasteiger partial charge < -0.3 is 0 Å². The van der Waals surface area contributed by atoms with Crippen LogP contribution in [-0.2, 0) is 0 Å². The molecule has 0 amide bonds. The van der Waals surface area contributed by atoms with Crippen LogP contribution in [0.15, 0.2) is 27.4 Å². The van der Waals surface area contributed by atoms with E-state index in [1.807, 2.05) is 0 Å². The minimum atomic E-state index is -0.511. The van der Waals surface area contributed by atoms with Crippen LogP contribution in [-0.4, -0.2) is 20.6 Å². The van der Waals surface area contributed by atoms with Crippen molar-refractivity contribution >= 4 is 35.3 Å². The highest BCUT2D eigenvalue weighted by atomic mass is 32.2. The summed E-state index contributed by atoms with van der Waals surface area (Å²) in [5, 5.41) is 10.9. The van der Waals surface area contributed by atoms with Gasteiger partial charge in [-0.05, 0) is 24.5 Å². The van der Waals surface area contributed by atoms with Crippen LogP contribution in [0, 0.1) is 17.0 Å². The molecule has 0 spiro atoms. The lowest BCUT2D eigenvalue weighted by molar-refractivity contribution is -0.387. The summed E-state index contributed by atoms with van der Waals surface area (Å²) in [6.07, 6.45) is 0.580. The fraction of sp³-hybridized carbons (Fsp3) is 0.100. The monoisotopic (exact) mass is 281 g/mol. The molecule has 0 bridgehead atoms. The van der Waals surface area contributed by atoms with E-state index in [-0.39, 0.29) is 11.3 Å². The molecule has 92 valence electrons. The largest absolute Gasteiger partial charge is 0.298 e. The SMILES string of the molecule is Cc1nsc(Sc2ccc(C=O)cc2[N+](=O)[O-])n1. The summed E-state index contributed by atoms with van der Waals surface area (Å²) in [5.41, 5.74) is 0.178. The second kappa shape index (κ2) is 5.23. The highest BCUT2D eigenvalue weighted by Gasteiger charge is 2.17. The Labute approximate surface area is 110 Å². The summed E-state index contributed by atoms with van der Waals surface area (Å²) >= 11 is 2.35. The molecule has 6 nitrogen and oxygen atoms in total. The Morgan fingerprint density at radius 3 is 2.83 bits per heavy atom. The second-order valence-corrected chi connectivity index (χ2v) is 5.35. The molecule has 2 rings (SSSR count). The molecule has 1 aromatic heterocycles. The summed E-state index contributed by atoms with van der Waals surface area (Å²) in [6, 6.07) is 4.34. The van der Waals surface area contributed by atoms with Crippen LogP contribution >= 0.6 is 23.3 Å². The minimum absolute atomic E-state index is 0.0996. The van der Waals surface area contributed by atoms with Crippen molar-refractivity contribution in [3.63, 3.8) is 0 Å². The maximum atomic E-state index is 10.9. The molecular weight excluding hydrogens is 274 g/mol. The summed E-state index contributed by atoms with van der Waals surface area (Å²) < 4.78 is 4.64. The Bertz CT molecular complexity index is 612. The summed E-state index contributed by atoms with van der Waals surface area (Å²) in [4.78, 5) is 25.6. The molecule has 0 aliphatic rings. The Morgan fingerprint density at radius 1 is 1.50 bits per heavy atom. The molecule has 1 heterocycles. The molecule has 18 heavy (non-hydrogen) atoms. The number of nitro groups is 1. The van der Waals surface area contributed by atoms with Crippen molar-refractivity contribution in [2.45, 2.75) is 16.2 Å². The highest BCUT2D eigenvalue weighted by molar-refractivity contribution is 8.01. The molecule has 0 saturated heterocycles. The first kappa shape index (κ1) is 12.7.